The molecule has 0 atom stereocenters. The van der Waals surface area contributed by atoms with Crippen LogP contribution in [0.1, 0.15) is 23.4 Å². The number of rotatable bonds is 6. The summed E-state index contributed by atoms with van der Waals surface area (Å²) in [4.78, 5) is 14.6. The molecule has 3 rings (SSSR count). The summed E-state index contributed by atoms with van der Waals surface area (Å²) in [5.74, 6) is 0.660. The van der Waals surface area contributed by atoms with E-state index in [-0.39, 0.29) is 10.8 Å². The van der Waals surface area contributed by atoms with E-state index in [0.29, 0.717) is 44.8 Å². The van der Waals surface area contributed by atoms with Crippen molar-refractivity contribution in [1.29, 1.82) is 0 Å². The van der Waals surface area contributed by atoms with Crippen molar-refractivity contribution in [1.82, 2.24) is 19.0 Å². The van der Waals surface area contributed by atoms with Crippen LogP contribution in [0.5, 0.6) is 5.75 Å². The molecule has 1 saturated heterocycles. The van der Waals surface area contributed by atoms with Gasteiger partial charge in [0, 0.05) is 45.3 Å². The maximum Gasteiger partial charge on any atom is 0.243 e. The molecule has 1 fully saturated rings. The van der Waals surface area contributed by atoms with Crippen molar-refractivity contribution in [2.45, 2.75) is 31.6 Å². The average Bonchev–Trinajstić information content (AvgIpc) is 2.97. The lowest BCUT2D eigenvalue weighted by molar-refractivity contribution is -0.132. The molecule has 29 heavy (non-hydrogen) atoms. The van der Waals surface area contributed by atoms with Gasteiger partial charge in [-0.3, -0.25) is 9.48 Å². The van der Waals surface area contributed by atoms with Crippen molar-refractivity contribution in [2.75, 3.05) is 33.3 Å². The number of piperazine rings is 1. The van der Waals surface area contributed by atoms with Crippen molar-refractivity contribution < 1.29 is 17.9 Å². The van der Waals surface area contributed by atoms with E-state index in [1.807, 2.05) is 25.6 Å². The molecule has 0 bridgehead atoms. The highest BCUT2D eigenvalue weighted by Gasteiger charge is 2.30. The number of methoxy groups -OCH3 is 1. The van der Waals surface area contributed by atoms with Gasteiger partial charge < -0.3 is 9.64 Å². The molecule has 9 heteroatoms. The van der Waals surface area contributed by atoms with Gasteiger partial charge in [0.25, 0.3) is 0 Å². The van der Waals surface area contributed by atoms with Gasteiger partial charge >= 0.3 is 0 Å². The van der Waals surface area contributed by atoms with Crippen LogP contribution >= 0.6 is 0 Å². The summed E-state index contributed by atoms with van der Waals surface area (Å²) in [7, 11) is -0.134. The van der Waals surface area contributed by atoms with Crippen molar-refractivity contribution in [3.05, 3.63) is 41.2 Å². The lowest BCUT2D eigenvalue weighted by Gasteiger charge is -2.34. The summed E-state index contributed by atoms with van der Waals surface area (Å²) in [6.45, 7) is 5.35. The van der Waals surface area contributed by atoms with Crippen LogP contribution in [0.25, 0.3) is 0 Å². The van der Waals surface area contributed by atoms with Crippen LogP contribution in [0.4, 0.5) is 0 Å². The number of carbonyl (C=O) groups is 1. The summed E-state index contributed by atoms with van der Waals surface area (Å²) >= 11 is 0. The van der Waals surface area contributed by atoms with Gasteiger partial charge in [-0.05, 0) is 50.1 Å². The molecule has 0 unspecified atom stereocenters. The Hall–Kier alpha value is -2.39. The summed E-state index contributed by atoms with van der Waals surface area (Å²) in [6.07, 6.45) is 1.05. The molecule has 0 spiro atoms. The smallest absolute Gasteiger partial charge is 0.243 e. The summed E-state index contributed by atoms with van der Waals surface area (Å²) < 4.78 is 34.0. The minimum atomic E-state index is -3.57. The second-order valence-electron chi connectivity index (χ2n) is 7.23. The number of carbonyl (C=O) groups excluding carboxylic acids is 1. The zero-order valence-corrected chi connectivity index (χ0v) is 18.2. The van der Waals surface area contributed by atoms with Crippen LogP contribution in [-0.2, 0) is 28.3 Å². The van der Waals surface area contributed by atoms with Crippen LogP contribution in [0.3, 0.4) is 0 Å². The first kappa shape index (κ1) is 21.3. The third kappa shape index (κ3) is 4.45. The number of sulfonamides is 1. The molecule has 0 saturated carbocycles. The van der Waals surface area contributed by atoms with E-state index >= 15 is 0 Å². The molecule has 1 aliphatic rings. The quantitative estimate of drug-likeness (QED) is 0.707. The van der Waals surface area contributed by atoms with Crippen LogP contribution in [0, 0.1) is 13.8 Å². The highest BCUT2D eigenvalue weighted by molar-refractivity contribution is 7.89. The maximum absolute atomic E-state index is 12.8. The van der Waals surface area contributed by atoms with Gasteiger partial charge in [-0.2, -0.15) is 9.40 Å². The summed E-state index contributed by atoms with van der Waals surface area (Å²) in [5.41, 5.74) is 3.14. The normalized spacial score (nSPS) is 15.5. The van der Waals surface area contributed by atoms with E-state index in [1.165, 1.54) is 11.4 Å². The number of amides is 1. The van der Waals surface area contributed by atoms with Crippen LogP contribution in [0.2, 0.25) is 0 Å². The fraction of sp³-hybridized carbons (Fsp3) is 0.500. The highest BCUT2D eigenvalue weighted by Crippen LogP contribution is 2.21. The van der Waals surface area contributed by atoms with E-state index in [1.54, 1.807) is 29.2 Å². The molecule has 2 heterocycles. The molecule has 8 nitrogen and oxygen atoms in total. The molecule has 0 aliphatic carbocycles. The zero-order chi connectivity index (χ0) is 21.2. The van der Waals surface area contributed by atoms with E-state index in [2.05, 4.69) is 5.10 Å². The van der Waals surface area contributed by atoms with Gasteiger partial charge in [0.05, 0.1) is 17.7 Å². The molecule has 2 aromatic rings. The van der Waals surface area contributed by atoms with Crippen molar-refractivity contribution in [3.8, 4) is 5.75 Å². The van der Waals surface area contributed by atoms with Gasteiger partial charge in [0.15, 0.2) is 0 Å². The van der Waals surface area contributed by atoms with Crippen molar-refractivity contribution in [2.24, 2.45) is 7.05 Å². The van der Waals surface area contributed by atoms with Gasteiger partial charge in [0.2, 0.25) is 15.9 Å². The number of aromatic nitrogens is 2. The van der Waals surface area contributed by atoms with E-state index in [0.717, 1.165) is 17.0 Å². The first-order valence-electron chi connectivity index (χ1n) is 9.65. The predicted molar refractivity (Wildman–Crippen MR) is 109 cm³/mol. The lowest BCUT2D eigenvalue weighted by atomic mass is 10.1. The predicted octanol–water partition coefficient (Wildman–Crippen LogP) is 1.51. The summed E-state index contributed by atoms with van der Waals surface area (Å²) in [5, 5.41) is 4.39. The second kappa shape index (κ2) is 8.54. The Morgan fingerprint density at radius 3 is 2.24 bits per heavy atom. The number of ether oxygens (including phenoxy) is 1. The van der Waals surface area contributed by atoms with E-state index in [9.17, 15) is 13.2 Å². The second-order valence-corrected chi connectivity index (χ2v) is 9.17. The Labute approximate surface area is 172 Å². The first-order valence-corrected chi connectivity index (χ1v) is 11.1. The van der Waals surface area contributed by atoms with Gasteiger partial charge in [0.1, 0.15) is 5.75 Å². The van der Waals surface area contributed by atoms with Gasteiger partial charge in [-0.25, -0.2) is 8.42 Å². The van der Waals surface area contributed by atoms with Crippen LogP contribution < -0.4 is 4.74 Å². The topological polar surface area (TPSA) is 84.7 Å². The minimum Gasteiger partial charge on any atom is -0.497 e. The van der Waals surface area contributed by atoms with E-state index in [4.69, 9.17) is 4.74 Å². The Balaban J connectivity index is 1.57. The molecule has 1 amide bonds. The Bertz CT molecular complexity index is 975. The van der Waals surface area contributed by atoms with Crippen LogP contribution in [0.15, 0.2) is 29.2 Å². The SMILES string of the molecule is COc1ccc(S(=O)(=O)N2CCN(C(=O)CCc3c(C)nn(C)c3C)CC2)cc1. The van der Waals surface area contributed by atoms with Crippen molar-refractivity contribution in [3.63, 3.8) is 0 Å². The number of hydrogen-bond acceptors (Lipinski definition) is 5. The number of benzene rings is 1. The largest absolute Gasteiger partial charge is 0.497 e. The number of hydrogen-bond donors (Lipinski definition) is 0. The monoisotopic (exact) mass is 420 g/mol. The minimum absolute atomic E-state index is 0.0501. The van der Waals surface area contributed by atoms with Gasteiger partial charge in [-0.15, -0.1) is 0 Å². The molecule has 0 radical (unpaired) electrons. The Morgan fingerprint density at radius 1 is 1.10 bits per heavy atom. The zero-order valence-electron chi connectivity index (χ0n) is 17.4. The lowest BCUT2D eigenvalue weighted by Crippen LogP contribution is -2.50. The molecule has 0 N–H and O–H groups in total. The van der Waals surface area contributed by atoms with Crippen molar-refractivity contribution >= 4 is 15.9 Å². The van der Waals surface area contributed by atoms with Crippen LogP contribution in [-0.4, -0.2) is 66.6 Å². The Kier molecular flexibility index (Phi) is 6.28. The fourth-order valence-corrected chi connectivity index (χ4v) is 5.07. The first-order chi connectivity index (χ1) is 13.7. The average molecular weight is 421 g/mol. The molecule has 1 aromatic heterocycles. The Morgan fingerprint density at radius 2 is 1.72 bits per heavy atom. The summed E-state index contributed by atoms with van der Waals surface area (Å²) in [6, 6.07) is 6.36. The number of aryl methyl sites for hydroxylation is 2. The highest BCUT2D eigenvalue weighted by atomic mass is 32.2. The third-order valence-electron chi connectivity index (χ3n) is 5.54. The number of nitrogens with zero attached hydrogens (tertiary/aromatic N) is 4. The standard InChI is InChI=1S/C20H28N4O4S/c1-15-19(16(2)22(3)21-15)9-10-20(25)23-11-13-24(14-12-23)29(26,27)18-7-5-17(28-4)6-8-18/h5-8H,9-14H2,1-4H3. The fourth-order valence-electron chi connectivity index (χ4n) is 3.64. The third-order valence-corrected chi connectivity index (χ3v) is 7.45. The van der Waals surface area contributed by atoms with Gasteiger partial charge in [-0.1, -0.05) is 0 Å². The molecule has 1 aliphatic heterocycles. The maximum atomic E-state index is 12.8. The molecule has 1 aromatic carbocycles. The van der Waals surface area contributed by atoms with E-state index < -0.39 is 10.0 Å². The molecule has 158 valence electrons. The molecular weight excluding hydrogens is 392 g/mol. The molecular formula is C20H28N4O4S.